The van der Waals surface area contributed by atoms with Gasteiger partial charge in [-0.1, -0.05) is 24.1 Å². The Morgan fingerprint density at radius 1 is 1.36 bits per heavy atom. The molecule has 3 rings (SSSR count). The molecule has 5 nitrogen and oxygen atoms in total. The molecule has 1 aliphatic carbocycles. The summed E-state index contributed by atoms with van der Waals surface area (Å²) in [7, 11) is 0. The van der Waals surface area contributed by atoms with Gasteiger partial charge in [-0.2, -0.15) is 23.3 Å². The predicted molar refractivity (Wildman–Crippen MR) is 83.9 cm³/mol. The maximum absolute atomic E-state index is 13.6. The zero-order valence-corrected chi connectivity index (χ0v) is 13.7. The smallest absolute Gasteiger partial charge is 0.439 e. The molecule has 2 unspecified atom stereocenters. The number of aryl methyl sites for hydroxylation is 1. The van der Waals surface area contributed by atoms with Gasteiger partial charge in [-0.05, 0) is 38.3 Å². The van der Waals surface area contributed by atoms with Gasteiger partial charge in [0.25, 0.3) is 11.6 Å². The number of hydrazone groups is 1. The van der Waals surface area contributed by atoms with Gasteiger partial charge in [0, 0.05) is 5.71 Å². The normalized spacial score (nSPS) is 26.2. The average Bonchev–Trinajstić information content (AvgIpc) is 2.89. The topological polar surface area (TPSA) is 62.1 Å². The van der Waals surface area contributed by atoms with Crippen molar-refractivity contribution >= 4 is 11.6 Å². The van der Waals surface area contributed by atoms with E-state index in [9.17, 15) is 23.1 Å². The minimum absolute atomic E-state index is 0.150. The largest absolute Gasteiger partial charge is 0.484 e. The van der Waals surface area contributed by atoms with Crippen molar-refractivity contribution < 1.29 is 27.8 Å². The van der Waals surface area contributed by atoms with E-state index >= 15 is 0 Å². The van der Waals surface area contributed by atoms with E-state index in [0.717, 1.165) is 5.56 Å². The summed E-state index contributed by atoms with van der Waals surface area (Å²) in [5, 5.41) is 14.4. The van der Waals surface area contributed by atoms with E-state index < -0.39 is 30.3 Å². The Balaban J connectivity index is 1.79. The van der Waals surface area contributed by atoms with Crippen LogP contribution in [0.15, 0.2) is 29.4 Å². The minimum Gasteiger partial charge on any atom is -0.484 e. The first-order valence-corrected chi connectivity index (χ1v) is 8.12. The van der Waals surface area contributed by atoms with E-state index in [-0.39, 0.29) is 17.1 Å². The molecule has 0 bridgehead atoms. The molecule has 1 fully saturated rings. The van der Waals surface area contributed by atoms with Crippen molar-refractivity contribution in [3.05, 3.63) is 29.8 Å². The number of aliphatic hydroxyl groups is 1. The van der Waals surface area contributed by atoms with Gasteiger partial charge >= 0.3 is 6.18 Å². The molecule has 25 heavy (non-hydrogen) atoms. The van der Waals surface area contributed by atoms with Crippen LogP contribution >= 0.6 is 0 Å². The minimum atomic E-state index is -5.00. The molecular formula is C17H19F3N2O3. The molecule has 1 saturated carbocycles. The fourth-order valence-corrected chi connectivity index (χ4v) is 3.31. The predicted octanol–water partition coefficient (Wildman–Crippen LogP) is 3.01. The zero-order chi connectivity index (χ0) is 18.2. The number of alkyl halides is 3. The van der Waals surface area contributed by atoms with Crippen LogP contribution in [0.25, 0.3) is 0 Å². The lowest BCUT2D eigenvalue weighted by molar-refractivity contribution is -0.317. The van der Waals surface area contributed by atoms with Crippen LogP contribution in [0.2, 0.25) is 0 Å². The van der Waals surface area contributed by atoms with Gasteiger partial charge in [-0.15, -0.1) is 0 Å². The Morgan fingerprint density at radius 3 is 2.68 bits per heavy atom. The fourth-order valence-electron chi connectivity index (χ4n) is 3.31. The summed E-state index contributed by atoms with van der Waals surface area (Å²) in [6, 6.07) is 6.76. The van der Waals surface area contributed by atoms with Crippen molar-refractivity contribution in [3.8, 4) is 5.75 Å². The molecule has 0 aromatic heterocycles. The summed E-state index contributed by atoms with van der Waals surface area (Å²) >= 11 is 0. The summed E-state index contributed by atoms with van der Waals surface area (Å²) in [6.45, 7) is 1.24. The Labute approximate surface area is 143 Å². The quantitative estimate of drug-likeness (QED) is 0.906. The molecular weight excluding hydrogens is 337 g/mol. The highest BCUT2D eigenvalue weighted by Gasteiger charge is 2.68. The van der Waals surface area contributed by atoms with Crippen molar-refractivity contribution in [2.75, 3.05) is 6.61 Å². The lowest BCUT2D eigenvalue weighted by Crippen LogP contribution is -2.62. The number of hydrogen-bond acceptors (Lipinski definition) is 4. The first-order valence-electron chi connectivity index (χ1n) is 8.12. The second-order valence-electron chi connectivity index (χ2n) is 6.42. The van der Waals surface area contributed by atoms with Crippen molar-refractivity contribution in [1.82, 2.24) is 5.01 Å². The van der Waals surface area contributed by atoms with Gasteiger partial charge in [-0.3, -0.25) is 4.79 Å². The number of fused-ring (bicyclic) bond motifs is 1. The molecule has 1 aromatic carbocycles. The van der Waals surface area contributed by atoms with E-state index in [0.29, 0.717) is 25.0 Å². The van der Waals surface area contributed by atoms with Gasteiger partial charge in [0.2, 0.25) is 0 Å². The van der Waals surface area contributed by atoms with E-state index in [1.165, 1.54) is 0 Å². The maximum Gasteiger partial charge on any atom is 0.439 e. The van der Waals surface area contributed by atoms with Crippen LogP contribution in [-0.4, -0.2) is 40.2 Å². The van der Waals surface area contributed by atoms with Crippen LogP contribution in [0.5, 0.6) is 5.75 Å². The fraction of sp³-hybridized carbons (Fsp3) is 0.529. The van der Waals surface area contributed by atoms with Gasteiger partial charge in [-0.25, -0.2) is 0 Å². The first kappa shape index (κ1) is 17.7. The number of benzene rings is 1. The number of nitrogens with zero attached hydrogens (tertiary/aromatic N) is 2. The van der Waals surface area contributed by atoms with Gasteiger partial charge in [0.05, 0.1) is 5.92 Å². The van der Waals surface area contributed by atoms with E-state index in [1.54, 1.807) is 24.3 Å². The molecule has 0 radical (unpaired) electrons. The molecule has 136 valence electrons. The third-order valence-corrected chi connectivity index (χ3v) is 4.65. The van der Waals surface area contributed by atoms with Crippen LogP contribution in [-0.2, 0) is 4.79 Å². The van der Waals surface area contributed by atoms with E-state index in [1.807, 2.05) is 6.92 Å². The molecule has 0 spiro atoms. The van der Waals surface area contributed by atoms with Crippen molar-refractivity contribution in [1.29, 1.82) is 0 Å². The summed E-state index contributed by atoms with van der Waals surface area (Å²) in [5.41, 5.74) is -2.08. The zero-order valence-electron chi connectivity index (χ0n) is 13.7. The Hall–Kier alpha value is -2.09. The van der Waals surface area contributed by atoms with Gasteiger partial charge in [0.1, 0.15) is 5.75 Å². The summed E-state index contributed by atoms with van der Waals surface area (Å²) in [5.74, 6) is -1.87. The second-order valence-corrected chi connectivity index (χ2v) is 6.42. The highest BCUT2D eigenvalue weighted by Crippen LogP contribution is 2.48. The number of amides is 1. The van der Waals surface area contributed by atoms with Crippen LogP contribution in [0.4, 0.5) is 13.2 Å². The maximum atomic E-state index is 13.6. The molecule has 2 atom stereocenters. The lowest BCUT2D eigenvalue weighted by Gasteiger charge is -2.38. The molecule has 1 N–H and O–H groups in total. The Morgan fingerprint density at radius 2 is 2.04 bits per heavy atom. The lowest BCUT2D eigenvalue weighted by atomic mass is 9.80. The molecule has 2 aliphatic rings. The molecule has 0 saturated heterocycles. The van der Waals surface area contributed by atoms with Crippen LogP contribution in [0, 0.1) is 12.8 Å². The number of ether oxygens (including phenoxy) is 1. The number of hydrogen-bond donors (Lipinski definition) is 1. The second kappa shape index (κ2) is 6.33. The van der Waals surface area contributed by atoms with Crippen molar-refractivity contribution in [3.63, 3.8) is 0 Å². The molecule has 1 aromatic rings. The SMILES string of the molecule is Cc1ccc(OCC(=O)N2N=C3CCCCC3C2(O)C(F)(F)F)cc1. The molecule has 8 heteroatoms. The monoisotopic (exact) mass is 356 g/mol. The number of carbonyl (C=O) groups is 1. The molecule has 1 amide bonds. The summed E-state index contributed by atoms with van der Waals surface area (Å²) < 4.78 is 46.0. The van der Waals surface area contributed by atoms with Crippen LogP contribution in [0.3, 0.4) is 0 Å². The van der Waals surface area contributed by atoms with Crippen molar-refractivity contribution in [2.24, 2.45) is 11.0 Å². The standard InChI is InChI=1S/C17H19F3N2O3/c1-11-6-8-12(9-7-11)25-10-15(23)22-16(24,17(18,19)20)13-4-2-3-5-14(13)21-22/h6-9,13,24H,2-5,10H2,1H3. The van der Waals surface area contributed by atoms with Gasteiger partial charge in [0.15, 0.2) is 6.61 Å². The van der Waals surface area contributed by atoms with E-state index in [4.69, 9.17) is 4.74 Å². The molecule has 1 aliphatic heterocycles. The Bertz CT molecular complexity index is 687. The van der Waals surface area contributed by atoms with Gasteiger partial charge < -0.3 is 9.84 Å². The highest BCUT2D eigenvalue weighted by molar-refractivity contribution is 5.93. The van der Waals surface area contributed by atoms with E-state index in [2.05, 4.69) is 5.10 Å². The number of carbonyl (C=O) groups excluding carboxylic acids is 1. The van der Waals surface area contributed by atoms with Crippen LogP contribution in [0.1, 0.15) is 31.2 Å². The first-order chi connectivity index (χ1) is 11.7. The summed E-state index contributed by atoms with van der Waals surface area (Å²) in [6.07, 6.45) is -3.24. The number of rotatable bonds is 3. The van der Waals surface area contributed by atoms with Crippen LogP contribution < -0.4 is 4.74 Å². The average molecular weight is 356 g/mol. The highest BCUT2D eigenvalue weighted by atomic mass is 19.4. The Kier molecular flexibility index (Phi) is 4.49. The summed E-state index contributed by atoms with van der Waals surface area (Å²) in [4.78, 5) is 12.3. The molecule has 1 heterocycles. The third kappa shape index (κ3) is 3.10. The third-order valence-electron chi connectivity index (χ3n) is 4.65. The number of halogens is 3. The van der Waals surface area contributed by atoms with Crippen molar-refractivity contribution in [2.45, 2.75) is 44.5 Å².